The number of nitrogens with two attached hydrogens (primary N) is 2. The molecule has 10 nitrogen and oxygen atoms in total. The maximum Gasteiger partial charge on any atom is 0.323 e. The lowest BCUT2D eigenvalue weighted by Gasteiger charge is -2.20. The van der Waals surface area contributed by atoms with E-state index in [4.69, 9.17) is 20.9 Å². The van der Waals surface area contributed by atoms with E-state index in [1.165, 1.54) is 32.1 Å². The predicted octanol–water partition coefficient (Wildman–Crippen LogP) is 4.96. The summed E-state index contributed by atoms with van der Waals surface area (Å²) in [6.07, 6.45) is 18.9. The van der Waals surface area contributed by atoms with Gasteiger partial charge in [0, 0.05) is 18.9 Å². The fraction of sp³-hybridized carbons (Fsp3) is 0.690. The van der Waals surface area contributed by atoms with Crippen LogP contribution in [-0.2, 0) is 25.6 Å². The van der Waals surface area contributed by atoms with Gasteiger partial charge in [-0.25, -0.2) is 9.97 Å². The van der Waals surface area contributed by atoms with Crippen LogP contribution in [-0.4, -0.2) is 50.7 Å². The highest BCUT2D eigenvalue weighted by molar-refractivity contribution is 5.75. The van der Waals surface area contributed by atoms with E-state index in [0.29, 0.717) is 30.6 Å². The molecule has 0 radical (unpaired) electrons. The number of rotatable bonds is 20. The van der Waals surface area contributed by atoms with E-state index in [-0.39, 0.29) is 37.0 Å². The Labute approximate surface area is 232 Å². The van der Waals surface area contributed by atoms with E-state index in [2.05, 4.69) is 34.0 Å². The fourth-order valence-electron chi connectivity index (χ4n) is 4.11. The Bertz CT molecular complexity index is 1020. The van der Waals surface area contributed by atoms with Gasteiger partial charge in [0.2, 0.25) is 5.95 Å². The molecule has 2 heterocycles. The van der Waals surface area contributed by atoms with Gasteiger partial charge >= 0.3 is 11.9 Å². The summed E-state index contributed by atoms with van der Waals surface area (Å²) in [5.41, 5.74) is 12.9. The summed E-state index contributed by atoms with van der Waals surface area (Å²) in [7, 11) is 0. The molecule has 0 saturated carbocycles. The van der Waals surface area contributed by atoms with Gasteiger partial charge in [-0.1, -0.05) is 65.0 Å². The van der Waals surface area contributed by atoms with Crippen LogP contribution in [0.15, 0.2) is 24.7 Å². The van der Waals surface area contributed by atoms with Gasteiger partial charge in [0.05, 0.1) is 25.7 Å². The molecule has 2 rings (SSSR count). The number of nitrogen functional groups attached to an aromatic ring is 1. The van der Waals surface area contributed by atoms with Crippen LogP contribution in [0.3, 0.4) is 0 Å². The van der Waals surface area contributed by atoms with Gasteiger partial charge in [-0.2, -0.15) is 4.98 Å². The summed E-state index contributed by atoms with van der Waals surface area (Å²) in [6.45, 7) is 6.80. The quantitative estimate of drug-likeness (QED) is 0.134. The number of hydrogen-bond donors (Lipinski definition) is 2. The first-order valence-electron chi connectivity index (χ1n) is 14.5. The summed E-state index contributed by atoms with van der Waals surface area (Å²) in [5.74, 6) is -0.641. The second kappa shape index (κ2) is 18.3. The Morgan fingerprint density at radius 3 is 2.49 bits per heavy atom. The Balaban J connectivity index is 1.75. The standard InChI is InChI=1S/C29H48N6O4/c1-4-5-6-7-8-9-10-11-12-13-14-15-25(36)38-17-16-23(20-39-28(37)26(30)22(2)3)19-35-21-33-24-18-32-29(31)34-27(24)35/h7-8,18,21-23,26H,4-6,9-17,19-20,30H2,1-3H3,(H2,31,32,34)/t23-,26+/m1/s1. The summed E-state index contributed by atoms with van der Waals surface area (Å²) in [5, 5.41) is 0. The summed E-state index contributed by atoms with van der Waals surface area (Å²) >= 11 is 0. The van der Waals surface area contributed by atoms with Crippen molar-refractivity contribution >= 4 is 29.1 Å². The maximum atomic E-state index is 12.3. The van der Waals surface area contributed by atoms with Crippen molar-refractivity contribution in [1.29, 1.82) is 0 Å². The topological polar surface area (TPSA) is 148 Å². The predicted molar refractivity (Wildman–Crippen MR) is 154 cm³/mol. The van der Waals surface area contributed by atoms with Crippen LogP contribution in [0.4, 0.5) is 5.95 Å². The first-order valence-corrected chi connectivity index (χ1v) is 14.5. The first-order chi connectivity index (χ1) is 18.8. The van der Waals surface area contributed by atoms with E-state index in [1.54, 1.807) is 12.5 Å². The first kappa shape index (κ1) is 32.2. The van der Waals surface area contributed by atoms with Crippen LogP contribution >= 0.6 is 0 Å². The average Bonchev–Trinajstić information content (AvgIpc) is 3.30. The molecule has 0 aliphatic carbocycles. The van der Waals surface area contributed by atoms with Crippen molar-refractivity contribution in [1.82, 2.24) is 19.5 Å². The zero-order chi connectivity index (χ0) is 28.5. The molecule has 0 bridgehead atoms. The molecule has 2 aromatic heterocycles. The monoisotopic (exact) mass is 544 g/mol. The summed E-state index contributed by atoms with van der Waals surface area (Å²) in [4.78, 5) is 37.1. The van der Waals surface area contributed by atoms with E-state index >= 15 is 0 Å². The van der Waals surface area contributed by atoms with E-state index in [1.807, 2.05) is 18.4 Å². The summed E-state index contributed by atoms with van der Waals surface area (Å²) < 4.78 is 12.9. The van der Waals surface area contributed by atoms with Crippen LogP contribution < -0.4 is 11.5 Å². The largest absolute Gasteiger partial charge is 0.466 e. The minimum Gasteiger partial charge on any atom is -0.466 e. The lowest BCUT2D eigenvalue weighted by atomic mass is 10.1. The molecule has 2 aromatic rings. The Hall–Kier alpha value is -3.01. The number of ether oxygens (including phenoxy) is 2. The molecule has 0 amide bonds. The van der Waals surface area contributed by atoms with E-state index < -0.39 is 12.0 Å². The highest BCUT2D eigenvalue weighted by Crippen LogP contribution is 2.16. The molecule has 0 fully saturated rings. The van der Waals surface area contributed by atoms with Crippen LogP contribution in [0.1, 0.15) is 91.4 Å². The van der Waals surface area contributed by atoms with Crippen molar-refractivity contribution in [3.8, 4) is 0 Å². The van der Waals surface area contributed by atoms with Gasteiger partial charge in [-0.05, 0) is 38.0 Å². The van der Waals surface area contributed by atoms with Gasteiger partial charge in [-0.15, -0.1) is 0 Å². The average molecular weight is 545 g/mol. The normalized spacial score (nSPS) is 13.3. The zero-order valence-corrected chi connectivity index (χ0v) is 24.0. The van der Waals surface area contributed by atoms with Crippen molar-refractivity contribution in [2.45, 2.75) is 104 Å². The number of hydrogen-bond acceptors (Lipinski definition) is 9. The van der Waals surface area contributed by atoms with Gasteiger partial charge in [0.25, 0.3) is 0 Å². The second-order valence-corrected chi connectivity index (χ2v) is 10.5. The molecule has 10 heteroatoms. The number of imidazole rings is 1. The van der Waals surface area contributed by atoms with Gasteiger partial charge in [-0.3, -0.25) is 9.59 Å². The van der Waals surface area contributed by atoms with Crippen molar-refractivity contribution in [2.75, 3.05) is 18.9 Å². The molecule has 0 aliphatic heterocycles. The number of nitrogens with zero attached hydrogens (tertiary/aromatic N) is 4. The number of esters is 2. The second-order valence-electron chi connectivity index (χ2n) is 10.5. The smallest absolute Gasteiger partial charge is 0.323 e. The molecule has 0 aromatic carbocycles. The molecular formula is C29H48N6O4. The lowest BCUT2D eigenvalue weighted by Crippen LogP contribution is -2.38. The molecule has 0 spiro atoms. The number of aromatic nitrogens is 4. The van der Waals surface area contributed by atoms with Crippen LogP contribution in [0.2, 0.25) is 0 Å². The fourth-order valence-corrected chi connectivity index (χ4v) is 4.11. The third-order valence-electron chi connectivity index (χ3n) is 6.72. The molecule has 0 aliphatic rings. The number of allylic oxidation sites excluding steroid dienone is 2. The van der Waals surface area contributed by atoms with Crippen LogP contribution in [0.25, 0.3) is 11.2 Å². The van der Waals surface area contributed by atoms with Crippen molar-refractivity contribution in [2.24, 2.45) is 17.6 Å². The molecule has 218 valence electrons. The molecular weight excluding hydrogens is 496 g/mol. The Morgan fingerprint density at radius 1 is 1.03 bits per heavy atom. The van der Waals surface area contributed by atoms with Gasteiger partial charge in [0.15, 0.2) is 5.65 Å². The number of fused-ring (bicyclic) bond motifs is 1. The van der Waals surface area contributed by atoms with Gasteiger partial charge < -0.3 is 25.5 Å². The Morgan fingerprint density at radius 2 is 1.74 bits per heavy atom. The highest BCUT2D eigenvalue weighted by Gasteiger charge is 2.22. The third-order valence-corrected chi connectivity index (χ3v) is 6.72. The molecule has 0 unspecified atom stereocenters. The number of carbonyl (C=O) groups excluding carboxylic acids is 2. The highest BCUT2D eigenvalue weighted by atomic mass is 16.5. The molecule has 0 saturated heterocycles. The number of unbranched alkanes of at least 4 members (excludes halogenated alkanes) is 7. The third kappa shape index (κ3) is 12.6. The van der Waals surface area contributed by atoms with Crippen LogP contribution in [0, 0.1) is 11.8 Å². The number of carbonyl (C=O) groups is 2. The van der Waals surface area contributed by atoms with E-state index in [9.17, 15) is 9.59 Å². The lowest BCUT2D eigenvalue weighted by molar-refractivity contribution is -0.149. The SMILES string of the molecule is CCCCC=CCCCCCCCC(=O)OCC[C@@H](COC(=O)[C@@H](N)C(C)C)Cn1cnc2cnc(N)nc21. The summed E-state index contributed by atoms with van der Waals surface area (Å²) in [6, 6.07) is -0.688. The van der Waals surface area contributed by atoms with Crippen molar-refractivity contribution in [3.05, 3.63) is 24.7 Å². The molecule has 39 heavy (non-hydrogen) atoms. The molecule has 4 N–H and O–H groups in total. The number of anilines is 1. The van der Waals surface area contributed by atoms with Crippen molar-refractivity contribution in [3.63, 3.8) is 0 Å². The Kier molecular flexibility index (Phi) is 15.1. The minimum atomic E-state index is -0.688. The van der Waals surface area contributed by atoms with Crippen molar-refractivity contribution < 1.29 is 19.1 Å². The van der Waals surface area contributed by atoms with Crippen LogP contribution in [0.5, 0.6) is 0 Å². The molecule has 2 atom stereocenters. The zero-order valence-electron chi connectivity index (χ0n) is 24.0. The minimum absolute atomic E-state index is 0.0263. The van der Waals surface area contributed by atoms with Gasteiger partial charge in [0.1, 0.15) is 11.6 Å². The maximum absolute atomic E-state index is 12.3. The van der Waals surface area contributed by atoms with E-state index in [0.717, 1.165) is 25.7 Å².